The Hall–Kier alpha value is -2.57. The molecular formula is C20H31N5O2. The minimum Gasteiger partial charge on any atom is -0.496 e. The van der Waals surface area contributed by atoms with Crippen molar-refractivity contribution in [2.45, 2.75) is 53.0 Å². The van der Waals surface area contributed by atoms with E-state index in [1.54, 1.807) is 7.11 Å². The van der Waals surface area contributed by atoms with Gasteiger partial charge in [-0.2, -0.15) is 4.98 Å². The Labute approximate surface area is 161 Å². The molecule has 0 bridgehead atoms. The van der Waals surface area contributed by atoms with Gasteiger partial charge in [0, 0.05) is 18.5 Å². The highest BCUT2D eigenvalue weighted by atomic mass is 16.5. The van der Waals surface area contributed by atoms with Gasteiger partial charge < -0.3 is 19.9 Å². The van der Waals surface area contributed by atoms with Crippen LogP contribution in [0.4, 0.5) is 0 Å². The van der Waals surface area contributed by atoms with E-state index in [4.69, 9.17) is 9.26 Å². The molecule has 0 atom stereocenters. The molecule has 0 saturated carbocycles. The lowest BCUT2D eigenvalue weighted by Gasteiger charge is -2.12. The van der Waals surface area contributed by atoms with Crippen molar-refractivity contribution < 1.29 is 9.26 Å². The van der Waals surface area contributed by atoms with E-state index < -0.39 is 0 Å². The normalized spacial score (nSPS) is 12.1. The van der Waals surface area contributed by atoms with Gasteiger partial charge in [-0.1, -0.05) is 38.1 Å². The summed E-state index contributed by atoms with van der Waals surface area (Å²) in [6.07, 6.45) is 0.872. The molecule has 1 aromatic carbocycles. The molecule has 0 fully saturated rings. The monoisotopic (exact) mass is 373 g/mol. The number of hydrogen-bond acceptors (Lipinski definition) is 5. The number of benzene rings is 1. The molecule has 7 heteroatoms. The van der Waals surface area contributed by atoms with Crippen molar-refractivity contribution in [1.29, 1.82) is 0 Å². The van der Waals surface area contributed by atoms with Crippen molar-refractivity contribution in [2.75, 3.05) is 20.2 Å². The lowest BCUT2D eigenvalue weighted by Crippen LogP contribution is -2.38. The van der Waals surface area contributed by atoms with E-state index in [1.807, 2.05) is 34.6 Å². The van der Waals surface area contributed by atoms with Crippen LogP contribution >= 0.6 is 0 Å². The molecule has 0 spiro atoms. The highest BCUT2D eigenvalue weighted by molar-refractivity contribution is 5.79. The molecule has 0 saturated heterocycles. The summed E-state index contributed by atoms with van der Waals surface area (Å²) in [7, 11) is 1.70. The maximum absolute atomic E-state index is 5.39. The van der Waals surface area contributed by atoms with Gasteiger partial charge in [-0.3, -0.25) is 0 Å². The molecular weight excluding hydrogens is 342 g/mol. The van der Waals surface area contributed by atoms with Gasteiger partial charge in [0.15, 0.2) is 11.8 Å². The van der Waals surface area contributed by atoms with Crippen LogP contribution < -0.4 is 15.4 Å². The Balaban J connectivity index is 1.92. The van der Waals surface area contributed by atoms with Gasteiger partial charge in [0.05, 0.1) is 7.11 Å². The number of rotatable bonds is 7. The summed E-state index contributed by atoms with van der Waals surface area (Å²) in [6, 6.07) is 6.28. The second kappa shape index (κ2) is 9.39. The second-order valence-electron chi connectivity index (χ2n) is 7.44. The maximum Gasteiger partial charge on any atom is 0.232 e. The number of nitrogens with one attached hydrogen (secondary N) is 2. The quantitative estimate of drug-likeness (QED) is 0.573. The zero-order valence-corrected chi connectivity index (χ0v) is 17.2. The molecule has 2 rings (SSSR count). The molecule has 0 radical (unpaired) electrons. The van der Waals surface area contributed by atoms with E-state index >= 15 is 0 Å². The molecule has 0 unspecified atom stereocenters. The predicted octanol–water partition coefficient (Wildman–Crippen LogP) is 2.98. The largest absolute Gasteiger partial charge is 0.496 e. The summed E-state index contributed by atoms with van der Waals surface area (Å²) in [5.41, 5.74) is 2.19. The van der Waals surface area contributed by atoms with Crippen molar-refractivity contribution in [3.8, 4) is 5.75 Å². The minimum atomic E-state index is -0.160. The summed E-state index contributed by atoms with van der Waals surface area (Å²) in [5.74, 6) is 2.86. The van der Waals surface area contributed by atoms with Gasteiger partial charge in [-0.15, -0.1) is 0 Å². The molecule has 2 N–H and O–H groups in total. The fourth-order valence-electron chi connectivity index (χ4n) is 2.46. The average Bonchev–Trinajstić information content (AvgIpc) is 3.10. The number of hydrogen-bond donors (Lipinski definition) is 2. The van der Waals surface area contributed by atoms with E-state index in [-0.39, 0.29) is 5.41 Å². The molecule has 0 aliphatic rings. The van der Waals surface area contributed by atoms with Crippen LogP contribution in [0.3, 0.4) is 0 Å². The van der Waals surface area contributed by atoms with Gasteiger partial charge in [0.1, 0.15) is 12.3 Å². The Morgan fingerprint density at radius 1 is 1.26 bits per heavy atom. The summed E-state index contributed by atoms with van der Waals surface area (Å²) in [5, 5.41) is 10.6. The fraction of sp³-hybridized carbons (Fsp3) is 0.550. The predicted molar refractivity (Wildman–Crippen MR) is 107 cm³/mol. The van der Waals surface area contributed by atoms with Gasteiger partial charge in [-0.25, -0.2) is 4.99 Å². The van der Waals surface area contributed by atoms with Crippen LogP contribution in [0.5, 0.6) is 5.75 Å². The molecule has 0 aliphatic heterocycles. The maximum atomic E-state index is 5.39. The molecule has 0 amide bonds. The van der Waals surface area contributed by atoms with Gasteiger partial charge >= 0.3 is 0 Å². The molecule has 27 heavy (non-hydrogen) atoms. The molecule has 148 valence electrons. The number of aromatic nitrogens is 2. The topological polar surface area (TPSA) is 84.6 Å². The van der Waals surface area contributed by atoms with Crippen LogP contribution in [0, 0.1) is 6.92 Å². The third kappa shape index (κ3) is 6.27. The van der Waals surface area contributed by atoms with Crippen LogP contribution in [0.1, 0.15) is 50.5 Å². The molecule has 0 aliphatic carbocycles. The first-order valence-corrected chi connectivity index (χ1v) is 9.32. The van der Waals surface area contributed by atoms with Crippen LogP contribution in [-0.2, 0) is 18.4 Å². The Morgan fingerprint density at radius 3 is 2.67 bits per heavy atom. The molecule has 1 aromatic heterocycles. The Bertz CT molecular complexity index is 762. The summed E-state index contributed by atoms with van der Waals surface area (Å²) in [4.78, 5) is 8.96. The Kier molecular flexibility index (Phi) is 7.21. The van der Waals surface area contributed by atoms with Gasteiger partial charge in [-0.05, 0) is 37.5 Å². The van der Waals surface area contributed by atoms with E-state index in [9.17, 15) is 0 Å². The smallest absolute Gasteiger partial charge is 0.232 e. The molecule has 2 aromatic rings. The van der Waals surface area contributed by atoms with Gasteiger partial charge in [0.25, 0.3) is 0 Å². The zero-order valence-electron chi connectivity index (χ0n) is 17.2. The standard InChI is InChI=1S/C20H31N5O2/c1-7-21-19(23-13-17-24-18(27-25-17)20(3,4)5)22-11-10-15-9-8-14(2)16(12-15)26-6/h8-9,12H,7,10-11,13H2,1-6H3,(H2,21,22,23). The van der Waals surface area contributed by atoms with E-state index in [0.29, 0.717) is 18.3 Å². The average molecular weight is 374 g/mol. The first-order valence-electron chi connectivity index (χ1n) is 9.32. The Morgan fingerprint density at radius 2 is 2.04 bits per heavy atom. The SMILES string of the molecule is CCNC(=NCc1noc(C(C)(C)C)n1)NCCc1ccc(C)c(OC)c1. The number of ether oxygens (including phenoxy) is 1. The van der Waals surface area contributed by atoms with E-state index in [0.717, 1.165) is 36.8 Å². The van der Waals surface area contributed by atoms with Crippen molar-refractivity contribution in [3.63, 3.8) is 0 Å². The second-order valence-corrected chi connectivity index (χ2v) is 7.44. The van der Waals surface area contributed by atoms with Crippen molar-refractivity contribution in [3.05, 3.63) is 41.0 Å². The summed E-state index contributed by atoms with van der Waals surface area (Å²) in [6.45, 7) is 12.1. The van der Waals surface area contributed by atoms with E-state index in [2.05, 4.69) is 44.0 Å². The first kappa shape index (κ1) is 20.7. The highest BCUT2D eigenvalue weighted by Gasteiger charge is 2.21. The number of nitrogens with zero attached hydrogens (tertiary/aromatic N) is 3. The first-order chi connectivity index (χ1) is 12.8. The summed E-state index contributed by atoms with van der Waals surface area (Å²) >= 11 is 0. The lowest BCUT2D eigenvalue weighted by molar-refractivity contribution is 0.318. The van der Waals surface area contributed by atoms with Gasteiger partial charge in [0.2, 0.25) is 5.89 Å². The summed E-state index contributed by atoms with van der Waals surface area (Å²) < 4.78 is 10.7. The van der Waals surface area contributed by atoms with Crippen LogP contribution in [0.15, 0.2) is 27.7 Å². The lowest BCUT2D eigenvalue weighted by atomic mass is 9.97. The molecule has 7 nitrogen and oxygen atoms in total. The van der Waals surface area contributed by atoms with Crippen molar-refractivity contribution in [1.82, 2.24) is 20.8 Å². The van der Waals surface area contributed by atoms with Crippen molar-refractivity contribution >= 4 is 5.96 Å². The fourth-order valence-corrected chi connectivity index (χ4v) is 2.46. The van der Waals surface area contributed by atoms with Crippen LogP contribution in [0.2, 0.25) is 0 Å². The number of aryl methyl sites for hydroxylation is 1. The third-order valence-electron chi connectivity index (χ3n) is 4.01. The van der Waals surface area contributed by atoms with Crippen LogP contribution in [0.25, 0.3) is 0 Å². The van der Waals surface area contributed by atoms with Crippen molar-refractivity contribution in [2.24, 2.45) is 4.99 Å². The number of aliphatic imine (C=N–C) groups is 1. The highest BCUT2D eigenvalue weighted by Crippen LogP contribution is 2.20. The van der Waals surface area contributed by atoms with E-state index in [1.165, 1.54) is 5.56 Å². The van der Waals surface area contributed by atoms with Crippen LogP contribution in [-0.4, -0.2) is 36.3 Å². The zero-order chi connectivity index (χ0) is 19.9. The number of methoxy groups -OCH3 is 1. The number of guanidine groups is 1. The minimum absolute atomic E-state index is 0.160. The third-order valence-corrected chi connectivity index (χ3v) is 4.01. The molecule has 1 heterocycles.